The monoisotopic (exact) mass is 413 g/mol. The van der Waals surface area contributed by atoms with E-state index in [2.05, 4.69) is 77.7 Å². The maximum atomic E-state index is 5.97. The Balaban J connectivity index is 0.00000324. The highest BCUT2D eigenvalue weighted by Gasteiger charge is 2.16. The molecule has 0 N–H and O–H groups in total. The van der Waals surface area contributed by atoms with Crippen LogP contribution in [0.15, 0.2) is 15.0 Å². The van der Waals surface area contributed by atoms with E-state index in [4.69, 9.17) is 4.74 Å². The van der Waals surface area contributed by atoms with E-state index in [0.717, 1.165) is 21.2 Å². The van der Waals surface area contributed by atoms with Gasteiger partial charge in [-0.2, -0.15) is 0 Å². The number of halogens is 3. The van der Waals surface area contributed by atoms with Gasteiger partial charge in [-0.25, -0.2) is 0 Å². The van der Waals surface area contributed by atoms with Crippen molar-refractivity contribution < 1.29 is 4.74 Å². The van der Waals surface area contributed by atoms with Gasteiger partial charge in [-0.1, -0.05) is 29.8 Å². The van der Waals surface area contributed by atoms with Gasteiger partial charge >= 0.3 is 0 Å². The Morgan fingerprint density at radius 3 is 2.32 bits per heavy atom. The van der Waals surface area contributed by atoms with Crippen molar-refractivity contribution in [2.75, 3.05) is 27.2 Å². The summed E-state index contributed by atoms with van der Waals surface area (Å²) in [5, 5.41) is 0. The van der Waals surface area contributed by atoms with Crippen molar-refractivity contribution in [3.8, 4) is 5.75 Å². The second-order valence-corrected chi connectivity index (χ2v) is 6.67. The fraction of sp³-hybridized carbons (Fsp3) is 0.571. The lowest BCUT2D eigenvalue weighted by Gasteiger charge is -2.19. The second kappa shape index (κ2) is 8.50. The molecule has 110 valence electrons. The Morgan fingerprint density at radius 2 is 1.84 bits per heavy atom. The predicted molar refractivity (Wildman–Crippen MR) is 92.0 cm³/mol. The SMILES string of the molecule is Cc1c(Br)cc(C(C)C)c(OCCN(C)C)c1Br.Cl. The molecule has 1 rings (SSSR count). The molecule has 1 aromatic rings. The van der Waals surface area contributed by atoms with Crippen LogP contribution in [0, 0.1) is 6.92 Å². The summed E-state index contributed by atoms with van der Waals surface area (Å²) in [5.41, 5.74) is 2.41. The maximum absolute atomic E-state index is 5.97. The molecule has 0 atom stereocenters. The Kier molecular flexibility index (Phi) is 8.60. The van der Waals surface area contributed by atoms with Crippen molar-refractivity contribution in [3.63, 3.8) is 0 Å². The van der Waals surface area contributed by atoms with Crippen molar-refractivity contribution >= 4 is 44.3 Å². The first-order chi connectivity index (χ1) is 8.34. The molecule has 19 heavy (non-hydrogen) atoms. The van der Waals surface area contributed by atoms with Gasteiger partial charge in [0.05, 0.1) is 4.47 Å². The van der Waals surface area contributed by atoms with Gasteiger partial charge in [0.15, 0.2) is 0 Å². The van der Waals surface area contributed by atoms with Crippen LogP contribution >= 0.6 is 44.3 Å². The quantitative estimate of drug-likeness (QED) is 0.671. The van der Waals surface area contributed by atoms with Gasteiger partial charge in [0.1, 0.15) is 12.4 Å². The lowest BCUT2D eigenvalue weighted by atomic mass is 10.0. The molecule has 0 aliphatic rings. The summed E-state index contributed by atoms with van der Waals surface area (Å²) in [4.78, 5) is 2.12. The van der Waals surface area contributed by atoms with Crippen molar-refractivity contribution in [2.24, 2.45) is 0 Å². The lowest BCUT2D eigenvalue weighted by molar-refractivity contribution is 0.257. The number of hydrogen-bond donors (Lipinski definition) is 0. The normalized spacial score (nSPS) is 10.8. The van der Waals surface area contributed by atoms with Crippen molar-refractivity contribution in [2.45, 2.75) is 26.7 Å². The number of ether oxygens (including phenoxy) is 1. The van der Waals surface area contributed by atoms with Crippen molar-refractivity contribution in [1.29, 1.82) is 0 Å². The summed E-state index contributed by atoms with van der Waals surface area (Å²) in [5.74, 6) is 1.42. The molecule has 1 aromatic carbocycles. The van der Waals surface area contributed by atoms with Gasteiger partial charge in [-0.3, -0.25) is 0 Å². The number of likely N-dealkylation sites (N-methyl/N-ethyl adjacent to an activating group) is 1. The first-order valence-corrected chi connectivity index (χ1v) is 7.69. The van der Waals surface area contributed by atoms with Gasteiger partial charge in [-0.15, -0.1) is 12.4 Å². The Labute approximate surface area is 139 Å². The minimum Gasteiger partial charge on any atom is -0.491 e. The molecule has 0 aliphatic carbocycles. The summed E-state index contributed by atoms with van der Waals surface area (Å²) in [6.45, 7) is 8.06. The molecule has 0 heterocycles. The molecular formula is C14H22Br2ClNO. The zero-order valence-corrected chi connectivity index (χ0v) is 16.1. The van der Waals surface area contributed by atoms with Crippen LogP contribution in [0.1, 0.15) is 30.9 Å². The zero-order valence-electron chi connectivity index (χ0n) is 12.1. The maximum Gasteiger partial charge on any atom is 0.137 e. The molecule has 0 radical (unpaired) electrons. The average Bonchev–Trinajstić information content (AvgIpc) is 2.28. The molecular weight excluding hydrogens is 393 g/mol. The van der Waals surface area contributed by atoms with E-state index >= 15 is 0 Å². The average molecular weight is 416 g/mol. The minimum absolute atomic E-state index is 0. The van der Waals surface area contributed by atoms with Crippen LogP contribution in [-0.4, -0.2) is 32.1 Å². The van der Waals surface area contributed by atoms with Gasteiger partial charge in [0.25, 0.3) is 0 Å². The summed E-state index contributed by atoms with van der Waals surface area (Å²) in [7, 11) is 4.10. The predicted octanol–water partition coefficient (Wildman–Crippen LogP) is 5.01. The molecule has 0 unspecified atom stereocenters. The summed E-state index contributed by atoms with van der Waals surface area (Å²) in [6.07, 6.45) is 0. The van der Waals surface area contributed by atoms with Crippen LogP contribution in [-0.2, 0) is 0 Å². The van der Waals surface area contributed by atoms with E-state index in [0.29, 0.717) is 12.5 Å². The van der Waals surface area contributed by atoms with Gasteiger partial charge in [-0.05, 0) is 60.1 Å². The van der Waals surface area contributed by atoms with E-state index in [1.165, 1.54) is 11.1 Å². The van der Waals surface area contributed by atoms with E-state index in [1.807, 2.05) is 0 Å². The van der Waals surface area contributed by atoms with Crippen molar-refractivity contribution in [3.05, 3.63) is 26.1 Å². The topological polar surface area (TPSA) is 12.5 Å². The molecule has 0 aromatic heterocycles. The molecule has 0 saturated heterocycles. The summed E-state index contributed by atoms with van der Waals surface area (Å²) < 4.78 is 8.14. The lowest BCUT2D eigenvalue weighted by Crippen LogP contribution is -2.20. The van der Waals surface area contributed by atoms with Crippen LogP contribution in [0.2, 0.25) is 0 Å². The smallest absolute Gasteiger partial charge is 0.137 e. The van der Waals surface area contributed by atoms with Crippen LogP contribution in [0.5, 0.6) is 5.75 Å². The fourth-order valence-electron chi connectivity index (χ4n) is 1.62. The van der Waals surface area contributed by atoms with E-state index in [-0.39, 0.29) is 12.4 Å². The Morgan fingerprint density at radius 1 is 1.26 bits per heavy atom. The van der Waals surface area contributed by atoms with Crippen LogP contribution in [0.25, 0.3) is 0 Å². The van der Waals surface area contributed by atoms with Gasteiger partial charge in [0, 0.05) is 11.0 Å². The molecule has 0 aliphatic heterocycles. The fourth-order valence-corrected chi connectivity index (χ4v) is 2.89. The molecule has 0 spiro atoms. The standard InChI is InChI=1S/C14H21Br2NO.ClH/c1-9(2)11-8-12(15)10(3)13(16)14(11)18-7-6-17(4)5;/h8-9H,6-7H2,1-5H3;1H. The van der Waals surface area contributed by atoms with E-state index in [9.17, 15) is 0 Å². The van der Waals surface area contributed by atoms with E-state index < -0.39 is 0 Å². The highest BCUT2D eigenvalue weighted by Crippen LogP contribution is 2.40. The Bertz CT molecular complexity index is 422. The van der Waals surface area contributed by atoms with Gasteiger partial charge in [0.2, 0.25) is 0 Å². The first-order valence-electron chi connectivity index (χ1n) is 6.10. The zero-order chi connectivity index (χ0) is 13.9. The number of rotatable bonds is 5. The first kappa shape index (κ1) is 19.2. The third-order valence-electron chi connectivity index (χ3n) is 2.84. The largest absolute Gasteiger partial charge is 0.491 e. The van der Waals surface area contributed by atoms with Crippen molar-refractivity contribution in [1.82, 2.24) is 4.90 Å². The summed E-state index contributed by atoms with van der Waals surface area (Å²) >= 11 is 7.25. The summed E-state index contributed by atoms with van der Waals surface area (Å²) in [6, 6.07) is 2.16. The van der Waals surface area contributed by atoms with E-state index in [1.54, 1.807) is 0 Å². The second-order valence-electron chi connectivity index (χ2n) is 5.02. The highest BCUT2D eigenvalue weighted by atomic mass is 79.9. The Hall–Kier alpha value is 0.230. The number of hydrogen-bond acceptors (Lipinski definition) is 2. The molecule has 0 fully saturated rings. The van der Waals surface area contributed by atoms with Gasteiger partial charge < -0.3 is 9.64 Å². The minimum atomic E-state index is 0. The molecule has 2 nitrogen and oxygen atoms in total. The molecule has 0 bridgehead atoms. The molecule has 0 amide bonds. The van der Waals surface area contributed by atoms with Crippen LogP contribution in [0.3, 0.4) is 0 Å². The molecule has 0 saturated carbocycles. The number of nitrogens with zero attached hydrogens (tertiary/aromatic N) is 1. The van der Waals surface area contributed by atoms with Crippen LogP contribution < -0.4 is 4.74 Å². The van der Waals surface area contributed by atoms with Crippen LogP contribution in [0.4, 0.5) is 0 Å². The third kappa shape index (κ3) is 5.25. The highest BCUT2D eigenvalue weighted by molar-refractivity contribution is 9.11. The molecule has 5 heteroatoms. The third-order valence-corrected chi connectivity index (χ3v) is 4.62. The number of benzene rings is 1.